The fourth-order valence-electron chi connectivity index (χ4n) is 3.15. The van der Waals surface area contributed by atoms with Gasteiger partial charge in [-0.05, 0) is 52.5 Å². The van der Waals surface area contributed by atoms with Gasteiger partial charge in [-0.2, -0.15) is 0 Å². The van der Waals surface area contributed by atoms with Crippen LogP contribution in [0.25, 0.3) is 0 Å². The van der Waals surface area contributed by atoms with Crippen molar-refractivity contribution in [3.63, 3.8) is 0 Å². The molecule has 5 unspecified atom stereocenters. The van der Waals surface area contributed by atoms with Crippen LogP contribution in [0.3, 0.4) is 0 Å². The first-order valence-corrected chi connectivity index (χ1v) is 7.50. The van der Waals surface area contributed by atoms with E-state index in [1.807, 2.05) is 0 Å². The lowest BCUT2D eigenvalue weighted by molar-refractivity contribution is 0.0472. The molecule has 0 spiro atoms. The summed E-state index contributed by atoms with van der Waals surface area (Å²) in [6.45, 7) is 16.2. The number of ether oxygens (including phenoxy) is 1. The second-order valence-electron chi connectivity index (χ2n) is 6.04. The zero-order valence-electron chi connectivity index (χ0n) is 12.8. The fourth-order valence-corrected chi connectivity index (χ4v) is 3.15. The second-order valence-corrected chi connectivity index (χ2v) is 6.04. The number of nitrogens with one attached hydrogen (secondary N) is 1. The van der Waals surface area contributed by atoms with Gasteiger partial charge in [-0.1, -0.05) is 19.4 Å². The standard InChI is InChI=1S/C16H31NO/c1-7-10-17-15(9-8-11(2)3)16-12(4)13(5)18-14(16)6/h12-17H,2,7-10H2,1,3-6H3. The lowest BCUT2D eigenvalue weighted by atomic mass is 9.81. The van der Waals surface area contributed by atoms with Gasteiger partial charge in [0, 0.05) is 12.0 Å². The first kappa shape index (κ1) is 15.7. The Labute approximate surface area is 113 Å². The summed E-state index contributed by atoms with van der Waals surface area (Å²) in [7, 11) is 0. The maximum atomic E-state index is 5.99. The van der Waals surface area contributed by atoms with Crippen LogP contribution in [0, 0.1) is 11.8 Å². The van der Waals surface area contributed by atoms with E-state index in [9.17, 15) is 0 Å². The summed E-state index contributed by atoms with van der Waals surface area (Å²) in [5.41, 5.74) is 1.28. The van der Waals surface area contributed by atoms with E-state index in [1.165, 1.54) is 18.4 Å². The summed E-state index contributed by atoms with van der Waals surface area (Å²) in [6.07, 6.45) is 4.25. The van der Waals surface area contributed by atoms with Gasteiger partial charge >= 0.3 is 0 Å². The van der Waals surface area contributed by atoms with Crippen molar-refractivity contribution >= 4 is 0 Å². The molecule has 0 aromatic carbocycles. The maximum Gasteiger partial charge on any atom is 0.0597 e. The predicted molar refractivity (Wildman–Crippen MR) is 78.8 cm³/mol. The molecule has 0 aromatic rings. The quantitative estimate of drug-likeness (QED) is 0.697. The molecular formula is C16H31NO. The molecule has 5 atom stereocenters. The number of allylic oxidation sites excluding steroid dienone is 1. The summed E-state index contributed by atoms with van der Waals surface area (Å²) in [5, 5.41) is 3.73. The Hall–Kier alpha value is -0.340. The molecule has 0 bridgehead atoms. The van der Waals surface area contributed by atoms with Gasteiger partial charge in [-0.15, -0.1) is 6.58 Å². The minimum atomic E-state index is 0.370. The highest BCUT2D eigenvalue weighted by atomic mass is 16.5. The fraction of sp³-hybridized carbons (Fsp3) is 0.875. The van der Waals surface area contributed by atoms with Crippen LogP contribution in [0.15, 0.2) is 12.2 Å². The van der Waals surface area contributed by atoms with E-state index in [2.05, 4.69) is 46.5 Å². The lowest BCUT2D eigenvalue weighted by Gasteiger charge is -2.30. The van der Waals surface area contributed by atoms with Crippen molar-refractivity contribution in [2.75, 3.05) is 6.54 Å². The molecule has 2 heteroatoms. The molecule has 0 aromatic heterocycles. The van der Waals surface area contributed by atoms with E-state index >= 15 is 0 Å². The SMILES string of the molecule is C=C(C)CCC(NCCC)C1C(C)OC(C)C1C. The van der Waals surface area contributed by atoms with Crippen molar-refractivity contribution < 1.29 is 4.74 Å². The van der Waals surface area contributed by atoms with Crippen LogP contribution in [0.4, 0.5) is 0 Å². The van der Waals surface area contributed by atoms with Gasteiger partial charge in [0.1, 0.15) is 0 Å². The van der Waals surface area contributed by atoms with E-state index in [0.29, 0.717) is 30.1 Å². The van der Waals surface area contributed by atoms with E-state index in [4.69, 9.17) is 4.74 Å². The zero-order valence-corrected chi connectivity index (χ0v) is 12.8. The van der Waals surface area contributed by atoms with Crippen LogP contribution in [-0.4, -0.2) is 24.8 Å². The van der Waals surface area contributed by atoms with Crippen molar-refractivity contribution in [1.82, 2.24) is 5.32 Å². The van der Waals surface area contributed by atoms with Crippen LogP contribution in [-0.2, 0) is 4.74 Å². The molecule has 2 nitrogen and oxygen atoms in total. The molecular weight excluding hydrogens is 222 g/mol. The van der Waals surface area contributed by atoms with Gasteiger partial charge < -0.3 is 10.1 Å². The highest BCUT2D eigenvalue weighted by molar-refractivity contribution is 4.95. The summed E-state index contributed by atoms with van der Waals surface area (Å²) in [6, 6.07) is 0.566. The molecule has 1 saturated heterocycles. The Balaban J connectivity index is 2.65. The van der Waals surface area contributed by atoms with Gasteiger partial charge in [0.05, 0.1) is 12.2 Å². The predicted octanol–water partition coefficient (Wildman–Crippen LogP) is 3.77. The van der Waals surface area contributed by atoms with Crippen LogP contribution in [0.2, 0.25) is 0 Å². The highest BCUT2D eigenvalue weighted by Gasteiger charge is 2.41. The molecule has 1 aliphatic heterocycles. The molecule has 106 valence electrons. The molecule has 1 rings (SSSR count). The van der Waals surface area contributed by atoms with Crippen molar-refractivity contribution in [3.05, 3.63) is 12.2 Å². The summed E-state index contributed by atoms with van der Waals surface area (Å²) in [5.74, 6) is 1.27. The maximum absolute atomic E-state index is 5.99. The number of rotatable bonds is 7. The van der Waals surface area contributed by atoms with Crippen LogP contribution in [0.1, 0.15) is 53.9 Å². The molecule has 0 amide bonds. The average Bonchev–Trinajstić information content (AvgIpc) is 2.54. The monoisotopic (exact) mass is 253 g/mol. The van der Waals surface area contributed by atoms with E-state index < -0.39 is 0 Å². The average molecular weight is 253 g/mol. The first-order chi connectivity index (χ1) is 8.47. The molecule has 0 radical (unpaired) electrons. The van der Waals surface area contributed by atoms with Crippen LogP contribution >= 0.6 is 0 Å². The highest BCUT2D eigenvalue weighted by Crippen LogP contribution is 2.36. The van der Waals surface area contributed by atoms with Gasteiger partial charge in [0.2, 0.25) is 0 Å². The van der Waals surface area contributed by atoms with Crippen molar-refractivity contribution in [1.29, 1.82) is 0 Å². The summed E-state index contributed by atoms with van der Waals surface area (Å²) < 4.78 is 5.99. The topological polar surface area (TPSA) is 21.3 Å². The van der Waals surface area contributed by atoms with Crippen molar-refractivity contribution in [2.24, 2.45) is 11.8 Å². The summed E-state index contributed by atoms with van der Waals surface area (Å²) >= 11 is 0. The Bertz CT molecular complexity index is 264. The third-order valence-electron chi connectivity index (χ3n) is 4.32. The van der Waals surface area contributed by atoms with E-state index in [0.717, 1.165) is 13.0 Å². The normalized spacial score (nSPS) is 33.6. The minimum Gasteiger partial charge on any atom is -0.375 e. The molecule has 1 heterocycles. The van der Waals surface area contributed by atoms with Gasteiger partial charge in [0.25, 0.3) is 0 Å². The lowest BCUT2D eigenvalue weighted by Crippen LogP contribution is -2.42. The van der Waals surface area contributed by atoms with E-state index in [-0.39, 0.29) is 0 Å². The third kappa shape index (κ3) is 4.10. The zero-order chi connectivity index (χ0) is 13.7. The minimum absolute atomic E-state index is 0.370. The molecule has 0 aliphatic carbocycles. The molecule has 1 fully saturated rings. The Kier molecular flexibility index (Phi) is 6.37. The number of hydrogen-bond donors (Lipinski definition) is 1. The third-order valence-corrected chi connectivity index (χ3v) is 4.32. The summed E-state index contributed by atoms with van der Waals surface area (Å²) in [4.78, 5) is 0. The Morgan fingerprint density at radius 2 is 1.94 bits per heavy atom. The van der Waals surface area contributed by atoms with Gasteiger partial charge in [-0.3, -0.25) is 0 Å². The van der Waals surface area contributed by atoms with Crippen LogP contribution in [0.5, 0.6) is 0 Å². The van der Waals surface area contributed by atoms with Gasteiger partial charge in [-0.25, -0.2) is 0 Å². The van der Waals surface area contributed by atoms with Crippen molar-refractivity contribution in [2.45, 2.75) is 72.1 Å². The molecule has 1 N–H and O–H groups in total. The smallest absolute Gasteiger partial charge is 0.0597 e. The molecule has 1 aliphatic rings. The van der Waals surface area contributed by atoms with E-state index in [1.54, 1.807) is 0 Å². The van der Waals surface area contributed by atoms with Gasteiger partial charge in [0.15, 0.2) is 0 Å². The molecule has 0 saturated carbocycles. The molecule has 18 heavy (non-hydrogen) atoms. The van der Waals surface area contributed by atoms with Crippen molar-refractivity contribution in [3.8, 4) is 0 Å². The number of hydrogen-bond acceptors (Lipinski definition) is 2. The van der Waals surface area contributed by atoms with Crippen LogP contribution < -0.4 is 5.32 Å². The Morgan fingerprint density at radius 3 is 2.39 bits per heavy atom. The Morgan fingerprint density at radius 1 is 1.28 bits per heavy atom. The second kappa shape index (κ2) is 7.30. The first-order valence-electron chi connectivity index (χ1n) is 7.50. The largest absolute Gasteiger partial charge is 0.375 e.